The van der Waals surface area contributed by atoms with Crippen LogP contribution in [0, 0.1) is 6.92 Å². The summed E-state index contributed by atoms with van der Waals surface area (Å²) >= 11 is 0. The topological polar surface area (TPSA) is 86.7 Å². The average Bonchev–Trinajstić information content (AvgIpc) is 3.31. The normalized spacial score (nSPS) is 19.2. The molecular formula is C29H41F2N7O2. The van der Waals surface area contributed by atoms with Gasteiger partial charge in [-0.25, -0.2) is 13.6 Å². The molecule has 40 heavy (non-hydrogen) atoms. The van der Waals surface area contributed by atoms with Crippen molar-refractivity contribution in [2.24, 2.45) is 7.05 Å². The maximum atomic E-state index is 14.5. The number of hydrogen-bond donors (Lipinski definition) is 3. The molecule has 0 radical (unpaired) electrons. The first-order valence-corrected chi connectivity index (χ1v) is 14.2. The van der Waals surface area contributed by atoms with Crippen LogP contribution in [0.25, 0.3) is 11.3 Å². The minimum Gasteiger partial charge on any atom is -0.385 e. The summed E-state index contributed by atoms with van der Waals surface area (Å²) in [5.41, 5.74) is 6.01. The quantitative estimate of drug-likeness (QED) is 0.482. The first-order chi connectivity index (χ1) is 19.3. The molecule has 1 aromatic carbocycles. The van der Waals surface area contributed by atoms with Gasteiger partial charge >= 0.3 is 6.03 Å². The highest BCUT2D eigenvalue weighted by atomic mass is 19.3. The van der Waals surface area contributed by atoms with E-state index >= 15 is 0 Å². The third kappa shape index (κ3) is 5.67. The fourth-order valence-electron chi connectivity index (χ4n) is 6.18. The highest BCUT2D eigenvalue weighted by molar-refractivity contribution is 5.75. The molecule has 3 aliphatic rings. The molecule has 2 aromatic rings. The maximum absolute atomic E-state index is 14.5. The molecule has 9 nitrogen and oxygen atoms in total. The number of nitrogens with one attached hydrogen (secondary N) is 3. The predicted molar refractivity (Wildman–Crippen MR) is 152 cm³/mol. The van der Waals surface area contributed by atoms with Crippen LogP contribution in [0.4, 0.5) is 19.3 Å². The van der Waals surface area contributed by atoms with Crippen molar-refractivity contribution in [3.63, 3.8) is 0 Å². The molecule has 0 saturated carbocycles. The molecule has 0 spiro atoms. The van der Waals surface area contributed by atoms with E-state index in [-0.39, 0.29) is 17.8 Å². The highest BCUT2D eigenvalue weighted by Crippen LogP contribution is 2.40. The number of anilines is 1. The molecule has 1 unspecified atom stereocenters. The van der Waals surface area contributed by atoms with Crippen LogP contribution in [0.15, 0.2) is 29.5 Å². The third-order valence-electron chi connectivity index (χ3n) is 8.43. The molecule has 11 heteroatoms. The number of amides is 2. The number of carbonyl (C=O) groups excluding carboxylic acids is 1. The van der Waals surface area contributed by atoms with E-state index < -0.39 is 6.43 Å². The zero-order chi connectivity index (χ0) is 28.4. The Morgan fingerprint density at radius 3 is 2.55 bits per heavy atom. The molecule has 0 bridgehead atoms. The van der Waals surface area contributed by atoms with Crippen molar-refractivity contribution in [3.05, 3.63) is 46.3 Å². The summed E-state index contributed by atoms with van der Waals surface area (Å²) < 4.78 is 36.3. The molecule has 218 valence electrons. The van der Waals surface area contributed by atoms with Crippen molar-refractivity contribution in [2.45, 2.75) is 57.7 Å². The van der Waals surface area contributed by atoms with E-state index in [1.807, 2.05) is 38.1 Å². The number of urea groups is 1. The van der Waals surface area contributed by atoms with Gasteiger partial charge in [-0.15, -0.1) is 0 Å². The molecule has 1 aromatic heterocycles. The minimum absolute atomic E-state index is 0.0104. The van der Waals surface area contributed by atoms with Gasteiger partial charge in [0, 0.05) is 93.2 Å². The van der Waals surface area contributed by atoms with Gasteiger partial charge in [0.1, 0.15) is 6.17 Å². The molecule has 3 N–H and O–H groups in total. The Balaban J connectivity index is 1.55. The van der Waals surface area contributed by atoms with Gasteiger partial charge in [0.05, 0.1) is 5.69 Å². The van der Waals surface area contributed by atoms with E-state index in [1.165, 1.54) is 0 Å². The number of fused-ring (bicyclic) bond motifs is 1. The van der Waals surface area contributed by atoms with Gasteiger partial charge in [-0.05, 0) is 63.4 Å². The van der Waals surface area contributed by atoms with Crippen molar-refractivity contribution in [1.82, 2.24) is 30.6 Å². The largest absolute Gasteiger partial charge is 0.385 e. The number of aromatic nitrogens is 2. The Bertz CT molecular complexity index is 1240. The lowest BCUT2D eigenvalue weighted by atomic mass is 9.92. The van der Waals surface area contributed by atoms with Crippen molar-refractivity contribution in [2.75, 3.05) is 51.8 Å². The number of alkyl halides is 2. The Hall–Kier alpha value is -3.18. The van der Waals surface area contributed by atoms with Crippen molar-refractivity contribution < 1.29 is 18.3 Å². The van der Waals surface area contributed by atoms with E-state index in [9.17, 15) is 13.6 Å². The second-order valence-corrected chi connectivity index (χ2v) is 10.9. The minimum atomic E-state index is -2.64. The zero-order valence-electron chi connectivity index (χ0n) is 23.9. The van der Waals surface area contributed by atoms with Crippen LogP contribution in [0.2, 0.25) is 0 Å². The smallest absolute Gasteiger partial charge is 0.317 e. The van der Waals surface area contributed by atoms with E-state index in [2.05, 4.69) is 25.9 Å². The van der Waals surface area contributed by atoms with E-state index in [0.717, 1.165) is 73.7 Å². The number of ether oxygens (including phenoxy) is 1. The Morgan fingerprint density at radius 1 is 1.12 bits per heavy atom. The molecule has 1 atom stereocenters. The second kappa shape index (κ2) is 12.1. The number of halogens is 2. The number of rotatable bonds is 7. The molecule has 2 amide bonds. The van der Waals surface area contributed by atoms with Crippen LogP contribution in [0.1, 0.15) is 48.9 Å². The predicted octanol–water partition coefficient (Wildman–Crippen LogP) is 3.70. The van der Waals surface area contributed by atoms with E-state index in [4.69, 9.17) is 4.74 Å². The van der Waals surface area contributed by atoms with Crippen LogP contribution < -0.4 is 20.9 Å². The first-order valence-electron chi connectivity index (χ1n) is 14.2. The number of likely N-dealkylation sites (N-methyl/N-ethyl adjacent to an activating group) is 1. The van der Waals surface area contributed by atoms with Crippen molar-refractivity contribution in [1.29, 1.82) is 0 Å². The third-order valence-corrected chi connectivity index (χ3v) is 8.43. The van der Waals surface area contributed by atoms with Gasteiger partial charge in [0.2, 0.25) is 0 Å². The van der Waals surface area contributed by atoms with Crippen LogP contribution in [0.5, 0.6) is 0 Å². The number of aryl methyl sites for hydroxylation is 3. The van der Waals surface area contributed by atoms with Crippen molar-refractivity contribution >= 4 is 11.7 Å². The monoisotopic (exact) mass is 557 g/mol. The summed E-state index contributed by atoms with van der Waals surface area (Å²) in [6, 6.07) is 5.62. The van der Waals surface area contributed by atoms with Crippen LogP contribution >= 0.6 is 0 Å². The summed E-state index contributed by atoms with van der Waals surface area (Å²) in [5, 5.41) is 14.5. The summed E-state index contributed by atoms with van der Waals surface area (Å²) in [6.45, 7) is 5.17. The lowest BCUT2D eigenvalue weighted by Crippen LogP contribution is -2.54. The fourth-order valence-corrected chi connectivity index (χ4v) is 6.18. The molecule has 4 heterocycles. The van der Waals surface area contributed by atoms with Gasteiger partial charge in [0.15, 0.2) is 0 Å². The summed E-state index contributed by atoms with van der Waals surface area (Å²) in [7, 11) is 5.37. The Kier molecular flexibility index (Phi) is 8.60. The van der Waals surface area contributed by atoms with Gasteiger partial charge in [0.25, 0.3) is 6.43 Å². The lowest BCUT2D eigenvalue weighted by Gasteiger charge is -2.43. The van der Waals surface area contributed by atoms with Gasteiger partial charge < -0.3 is 25.2 Å². The highest BCUT2D eigenvalue weighted by Gasteiger charge is 2.34. The molecule has 1 fully saturated rings. The van der Waals surface area contributed by atoms with Crippen molar-refractivity contribution in [3.8, 4) is 11.3 Å². The fraction of sp³-hybridized carbons (Fsp3) is 0.586. The lowest BCUT2D eigenvalue weighted by molar-refractivity contribution is 0.0797. The zero-order valence-corrected chi connectivity index (χ0v) is 23.9. The standard InChI is InChI=1S/C29H41F2N7O2/c1-18-14-25(35-36(18)4)21-15-19-6-5-10-38(26(19)16-22(21)27(30)31)28(32-2)23-17-37(29(39)33-3)11-7-24(23)34-20-8-12-40-13-9-20/h14-16,20,27-28,32,34H,5-13,17H2,1-4H3,(H,33,39). The maximum Gasteiger partial charge on any atom is 0.317 e. The van der Waals surface area contributed by atoms with Crippen LogP contribution in [-0.2, 0) is 18.2 Å². The number of nitrogens with zero attached hydrogens (tertiary/aromatic N) is 4. The Labute approximate surface area is 234 Å². The SMILES string of the molecule is CNC(=O)N1CCC(NC2CCOCC2)=C(C(NC)N2CCCc3cc(-c4cc(C)n(C)n4)c(C(F)F)cc32)C1. The molecule has 1 saturated heterocycles. The van der Waals surface area contributed by atoms with Crippen LogP contribution in [0.3, 0.4) is 0 Å². The van der Waals surface area contributed by atoms with Crippen LogP contribution in [-0.4, -0.2) is 79.9 Å². The van der Waals surface area contributed by atoms with Gasteiger partial charge in [-0.3, -0.25) is 10.00 Å². The second-order valence-electron chi connectivity index (χ2n) is 10.9. The summed E-state index contributed by atoms with van der Waals surface area (Å²) in [6.07, 6.45) is 1.38. The van der Waals surface area contributed by atoms with E-state index in [1.54, 1.807) is 17.8 Å². The molecule has 3 aliphatic heterocycles. The first kappa shape index (κ1) is 28.4. The van der Waals surface area contributed by atoms with Gasteiger partial charge in [-0.1, -0.05) is 0 Å². The van der Waals surface area contributed by atoms with Gasteiger partial charge in [-0.2, -0.15) is 5.10 Å². The summed E-state index contributed by atoms with van der Waals surface area (Å²) in [5.74, 6) is 0. The number of hydrogen-bond acceptors (Lipinski definition) is 6. The number of carbonyl (C=O) groups is 1. The molecular weight excluding hydrogens is 516 g/mol. The Morgan fingerprint density at radius 2 is 1.90 bits per heavy atom. The average molecular weight is 558 g/mol. The summed E-state index contributed by atoms with van der Waals surface area (Å²) in [4.78, 5) is 16.7. The molecule has 5 rings (SSSR count). The van der Waals surface area contributed by atoms with E-state index in [0.29, 0.717) is 36.8 Å². The number of benzene rings is 1. The molecule has 0 aliphatic carbocycles.